The van der Waals surface area contributed by atoms with E-state index < -0.39 is 109 Å². The van der Waals surface area contributed by atoms with Gasteiger partial charge in [0.25, 0.3) is 0 Å². The standard InChI is InChI=1S/C21H26ClNO/c1-21(17-7-4-3-5-8-17,18-10-12-19(22)13-11-18)24-16-14-20-9-6-15-23(20)2/h3-5,7-8,10-13,20H,6,9,14-16H2,1-2H3/t20-,21-/m1/s1/i1D3,2D3,3D,4D,5D,7D,8D,10D,11D,12D,13D,14D2. The molecule has 2 aromatic rings. The molecule has 0 amide bonds. The largest absolute Gasteiger partial charge is 0.366 e. The number of halogens is 1. The van der Waals surface area contributed by atoms with E-state index in [1.807, 2.05) is 0 Å². The minimum absolute atomic E-state index is 0.00349. The Morgan fingerprint density at radius 3 is 2.71 bits per heavy atom. The van der Waals surface area contributed by atoms with Crippen LogP contribution in [0.4, 0.5) is 0 Å². The number of rotatable bonds is 6. The molecule has 1 aliphatic rings. The summed E-state index contributed by atoms with van der Waals surface area (Å²) < 4.78 is 146. The molecule has 2 atom stereocenters. The van der Waals surface area contributed by atoms with Crippen LogP contribution in [0.5, 0.6) is 0 Å². The maximum atomic E-state index is 8.67. The van der Waals surface area contributed by atoms with Crippen molar-refractivity contribution in [2.24, 2.45) is 0 Å². The summed E-state index contributed by atoms with van der Waals surface area (Å²) in [6.07, 6.45) is -2.27. The monoisotopic (exact) mass is 360 g/mol. The molecule has 1 aliphatic heterocycles. The molecule has 128 valence electrons. The lowest BCUT2D eigenvalue weighted by molar-refractivity contribution is -0.0117. The van der Waals surface area contributed by atoms with Gasteiger partial charge < -0.3 is 9.64 Å². The fraction of sp³-hybridized carbons (Fsp3) is 0.429. The Morgan fingerprint density at radius 2 is 2.00 bits per heavy atom. The van der Waals surface area contributed by atoms with Crippen molar-refractivity contribution in [2.45, 2.75) is 37.7 Å². The Bertz CT molecular complexity index is 1230. The molecule has 0 spiro atoms. The van der Waals surface area contributed by atoms with Crippen molar-refractivity contribution in [3.05, 3.63) is 70.5 Å². The summed E-state index contributed by atoms with van der Waals surface area (Å²) in [5, 5.41) is -0.682. The van der Waals surface area contributed by atoms with E-state index in [0.717, 1.165) is 4.90 Å². The zero-order chi connectivity index (χ0) is 31.6. The molecule has 0 aromatic heterocycles. The van der Waals surface area contributed by atoms with Crippen LogP contribution in [0.1, 0.15) is 60.5 Å². The summed E-state index contributed by atoms with van der Waals surface area (Å²) in [7, 11) is 0. The van der Waals surface area contributed by atoms with Crippen LogP contribution in [-0.2, 0) is 10.3 Å². The van der Waals surface area contributed by atoms with Crippen molar-refractivity contribution >= 4 is 11.6 Å². The molecular weight excluding hydrogens is 318 g/mol. The molecule has 0 bridgehead atoms. The van der Waals surface area contributed by atoms with E-state index in [9.17, 15) is 0 Å². The third-order valence-corrected chi connectivity index (χ3v) is 3.85. The molecule has 1 saturated heterocycles. The quantitative estimate of drug-likeness (QED) is 0.710. The second kappa shape index (κ2) is 7.69. The first-order valence-corrected chi connectivity index (χ1v) is 7.66. The van der Waals surface area contributed by atoms with Crippen molar-refractivity contribution in [2.75, 3.05) is 20.1 Å². The first-order chi connectivity index (χ1) is 18.5. The minimum atomic E-state index is -3.64. The van der Waals surface area contributed by atoms with Gasteiger partial charge in [0.15, 0.2) is 0 Å². The number of nitrogens with zero attached hydrogens (tertiary/aromatic N) is 1. The number of benzene rings is 2. The molecule has 1 heterocycles. The summed E-state index contributed by atoms with van der Waals surface area (Å²) in [6, 6.07) is -10.3. The molecule has 1 fully saturated rings. The molecule has 0 unspecified atom stereocenters. The Labute approximate surface area is 174 Å². The molecule has 0 radical (unpaired) electrons. The van der Waals surface area contributed by atoms with Crippen molar-refractivity contribution in [1.82, 2.24) is 4.90 Å². The number of ether oxygens (including phenoxy) is 1. The predicted molar refractivity (Wildman–Crippen MR) is 101 cm³/mol. The summed E-state index contributed by atoms with van der Waals surface area (Å²) >= 11 is 5.92. The molecule has 3 rings (SSSR count). The second-order valence-corrected chi connectivity index (χ2v) is 5.59. The first kappa shape index (κ1) is 6.12. The molecular formula is C21H26ClNO. The highest BCUT2D eigenvalue weighted by atomic mass is 35.5. The molecule has 24 heavy (non-hydrogen) atoms. The van der Waals surface area contributed by atoms with Gasteiger partial charge in [0.05, 0.1) is 12.3 Å². The van der Waals surface area contributed by atoms with E-state index in [2.05, 4.69) is 0 Å². The van der Waals surface area contributed by atoms with Gasteiger partial charge in [-0.25, -0.2) is 0 Å². The van der Waals surface area contributed by atoms with Crippen LogP contribution < -0.4 is 0 Å². The SMILES string of the molecule is [2H]c1c([2H])c([2H])c([C@@](OCC([2H])([2H])[C@H]2CCCN2C([2H])([2H])[2H])(c2c([2H])c([2H])c(Cl)c([2H])c2[2H])C([2H])([2H])[2H])c([2H])c1[2H]. The molecule has 3 heteroatoms. The zero-order valence-electron chi connectivity index (χ0n) is 29.6. The Hall–Kier alpha value is -1.35. The van der Waals surface area contributed by atoms with E-state index in [4.69, 9.17) is 39.6 Å². The highest BCUT2D eigenvalue weighted by Crippen LogP contribution is 2.34. The van der Waals surface area contributed by atoms with Gasteiger partial charge in [-0.2, -0.15) is 0 Å². The average molecular weight is 361 g/mol. The lowest BCUT2D eigenvalue weighted by Crippen LogP contribution is -2.31. The van der Waals surface area contributed by atoms with Crippen LogP contribution in [0, 0.1) is 0 Å². The van der Waals surface area contributed by atoms with Crippen LogP contribution in [0.25, 0.3) is 0 Å². The Morgan fingerprint density at radius 1 is 1.25 bits per heavy atom. The Balaban J connectivity index is 2.44. The highest BCUT2D eigenvalue weighted by molar-refractivity contribution is 6.30. The first-order valence-electron chi connectivity index (χ1n) is 15.8. The van der Waals surface area contributed by atoms with Gasteiger partial charge in [-0.15, -0.1) is 0 Å². The van der Waals surface area contributed by atoms with Gasteiger partial charge >= 0.3 is 0 Å². The van der Waals surface area contributed by atoms with Gasteiger partial charge in [0.2, 0.25) is 0 Å². The van der Waals surface area contributed by atoms with E-state index in [0.29, 0.717) is 6.42 Å². The fourth-order valence-electron chi connectivity index (χ4n) is 2.39. The normalized spacial score (nSPS) is 32.7. The molecule has 2 nitrogen and oxygen atoms in total. The average Bonchev–Trinajstić information content (AvgIpc) is 3.38. The third-order valence-electron chi connectivity index (χ3n) is 3.66. The summed E-state index contributed by atoms with van der Waals surface area (Å²) in [5.41, 5.74) is -5.48. The van der Waals surface area contributed by atoms with E-state index in [-0.39, 0.29) is 13.0 Å². The van der Waals surface area contributed by atoms with Crippen LogP contribution in [0.3, 0.4) is 0 Å². The van der Waals surface area contributed by atoms with Crippen LogP contribution in [0.15, 0.2) is 54.4 Å². The number of hydrogen-bond acceptors (Lipinski definition) is 2. The van der Waals surface area contributed by atoms with Crippen LogP contribution in [-0.4, -0.2) is 31.1 Å². The third kappa shape index (κ3) is 3.83. The maximum absolute atomic E-state index is 8.67. The van der Waals surface area contributed by atoms with Crippen LogP contribution >= 0.6 is 11.6 Å². The summed E-state index contributed by atoms with van der Waals surface area (Å²) in [4.78, 5) is 0.913. The lowest BCUT2D eigenvalue weighted by atomic mass is 9.88. The predicted octanol–water partition coefficient (Wildman–Crippen LogP) is 5.10. The van der Waals surface area contributed by atoms with Crippen molar-refractivity contribution in [3.63, 3.8) is 0 Å². The zero-order valence-corrected chi connectivity index (χ0v) is 13.4. The van der Waals surface area contributed by atoms with Gasteiger partial charge in [0.1, 0.15) is 5.60 Å². The summed E-state index contributed by atoms with van der Waals surface area (Å²) in [5.74, 6) is 0. The van der Waals surface area contributed by atoms with Gasteiger partial charge in [-0.3, -0.25) is 0 Å². The van der Waals surface area contributed by atoms with E-state index >= 15 is 0 Å². The van der Waals surface area contributed by atoms with Crippen molar-refractivity contribution in [3.8, 4) is 0 Å². The highest BCUT2D eigenvalue weighted by Gasteiger charge is 2.30. The molecule has 2 aromatic carbocycles. The minimum Gasteiger partial charge on any atom is -0.366 e. The smallest absolute Gasteiger partial charge is 0.115 e. The molecule has 0 N–H and O–H groups in total. The second-order valence-electron chi connectivity index (χ2n) is 5.21. The lowest BCUT2D eigenvalue weighted by Gasteiger charge is -2.32. The number of likely N-dealkylation sites (tertiary alicyclic amines) is 1. The summed E-state index contributed by atoms with van der Waals surface area (Å²) in [6.45, 7) is -7.58. The van der Waals surface area contributed by atoms with Gasteiger partial charge in [-0.05, 0) is 62.8 Å². The van der Waals surface area contributed by atoms with E-state index in [1.54, 1.807) is 0 Å². The van der Waals surface area contributed by atoms with Crippen molar-refractivity contribution < 1.29 is 28.0 Å². The topological polar surface area (TPSA) is 12.5 Å². The molecule has 0 saturated carbocycles. The fourth-order valence-corrected chi connectivity index (χ4v) is 2.49. The Kier molecular flexibility index (Phi) is 1.96. The maximum Gasteiger partial charge on any atom is 0.115 e. The number of hydrogen-bond donors (Lipinski definition) is 0. The van der Waals surface area contributed by atoms with Gasteiger partial charge in [-0.1, -0.05) is 53.9 Å². The van der Waals surface area contributed by atoms with Gasteiger partial charge in [0, 0.05) is 28.6 Å². The van der Waals surface area contributed by atoms with E-state index in [1.165, 1.54) is 0 Å². The van der Waals surface area contributed by atoms with Crippen molar-refractivity contribution in [1.29, 1.82) is 0 Å². The van der Waals surface area contributed by atoms with Crippen LogP contribution in [0.2, 0.25) is 5.02 Å². The molecule has 0 aliphatic carbocycles.